The molecule has 24 aromatic rings. The lowest BCUT2D eigenvalue weighted by molar-refractivity contribution is 0.656. The fourth-order valence-corrected chi connectivity index (χ4v) is 21.0. The van der Waals surface area contributed by atoms with Crippen LogP contribution in [0.15, 0.2) is 330 Å². The van der Waals surface area contributed by atoms with Crippen molar-refractivity contribution in [2.45, 2.75) is 38.5 Å². The van der Waals surface area contributed by atoms with Crippen LogP contribution in [0, 0.1) is 0 Å². The highest BCUT2D eigenvalue weighted by molar-refractivity contribution is 6.33. The van der Waals surface area contributed by atoms with Gasteiger partial charge < -0.3 is 26.5 Å². The highest BCUT2D eigenvalue weighted by Gasteiger charge is 2.40. The van der Waals surface area contributed by atoms with E-state index in [4.69, 9.17) is 26.5 Å². The Morgan fingerprint density at radius 2 is 0.482 bits per heavy atom. The molecule has 18 aromatic carbocycles. The zero-order chi connectivity index (χ0) is 73.5. The second-order valence-corrected chi connectivity index (χ2v) is 32.2. The summed E-state index contributed by atoms with van der Waals surface area (Å²) < 4.78 is 41.7. The molecule has 26 rings (SSSR count). The predicted octanol–water partition coefficient (Wildman–Crippen LogP) is 30.6. The number of para-hydroxylation sites is 4. The molecule has 0 saturated carbocycles. The monoisotopic (exact) mass is 1430 g/mol. The van der Waals surface area contributed by atoms with Gasteiger partial charge >= 0.3 is 0 Å². The van der Waals surface area contributed by atoms with Crippen LogP contribution in [0.2, 0.25) is 0 Å². The smallest absolute Gasteiger partial charge is 0.143 e. The molecule has 2 aliphatic rings. The molecule has 0 bridgehead atoms. The maximum absolute atomic E-state index is 7.27. The molecule has 6 nitrogen and oxygen atoms in total. The lowest BCUT2D eigenvalue weighted by atomic mass is 9.81. The van der Waals surface area contributed by atoms with E-state index >= 15 is 0 Å². The van der Waals surface area contributed by atoms with Crippen LogP contribution in [0.25, 0.3) is 253 Å². The average molecular weight is 1430 g/mol. The molecule has 0 radical (unpaired) electrons. The Morgan fingerprint density at radius 1 is 0.170 bits per heavy atom. The van der Waals surface area contributed by atoms with Gasteiger partial charge in [-0.15, -0.1) is 0 Å². The van der Waals surface area contributed by atoms with Crippen LogP contribution in [-0.4, -0.2) is 0 Å². The van der Waals surface area contributed by atoms with Gasteiger partial charge in [-0.2, -0.15) is 0 Å². The van der Waals surface area contributed by atoms with Crippen LogP contribution in [-0.2, 0) is 10.8 Å². The van der Waals surface area contributed by atoms with Crippen LogP contribution >= 0.6 is 0 Å². The molecule has 6 heterocycles. The molecule has 0 aliphatic heterocycles. The Balaban J connectivity index is 0.575. The summed E-state index contributed by atoms with van der Waals surface area (Å²) in [7, 11) is 0. The minimum Gasteiger partial charge on any atom is -0.456 e. The largest absolute Gasteiger partial charge is 0.456 e. The molecule has 6 heteroatoms. The Bertz CT molecular complexity index is 8340. The molecule has 6 aromatic heterocycles. The summed E-state index contributed by atoms with van der Waals surface area (Å²) in [5.74, 6) is 0. The minimum absolute atomic E-state index is 0.131. The Labute approximate surface area is 639 Å². The van der Waals surface area contributed by atoms with E-state index in [0.717, 1.165) is 225 Å². The van der Waals surface area contributed by atoms with Gasteiger partial charge in [0.15, 0.2) is 0 Å². The predicted molar refractivity (Wildman–Crippen MR) is 462 cm³/mol. The van der Waals surface area contributed by atoms with Crippen LogP contribution in [0.1, 0.15) is 49.9 Å². The van der Waals surface area contributed by atoms with Crippen molar-refractivity contribution in [3.63, 3.8) is 0 Å². The van der Waals surface area contributed by atoms with E-state index in [2.05, 4.69) is 307 Å². The molecule has 2 aliphatic carbocycles. The van der Waals surface area contributed by atoms with Gasteiger partial charge in [0, 0.05) is 109 Å². The molecular weight excluding hydrogens is 1370 g/mol. The SMILES string of the molecule is CC1(C)c2cc(-c3ccc4c(c3)oc3ccc5oc6c(-c7c8ccccc8c(-c8cccc9c8oc8ccc%10c(c89)-c8ccccc8C%10(C)C)c8ccccc78)cccc6c5c34)ccc2-c2c1ccc1oc3c(-c4c5ccccc5c(-c5ccc6c(c5)oc5ccc7oc8ccccc8c7c56)c5ccccc45)cccc3c21. The van der Waals surface area contributed by atoms with Crippen molar-refractivity contribution >= 4 is 175 Å². The molecule has 0 amide bonds. The van der Waals surface area contributed by atoms with Crippen molar-refractivity contribution < 1.29 is 26.5 Å². The summed E-state index contributed by atoms with van der Waals surface area (Å²) in [5.41, 5.74) is 31.1. The van der Waals surface area contributed by atoms with E-state index in [-0.39, 0.29) is 10.8 Å². The van der Waals surface area contributed by atoms with Gasteiger partial charge in [0.2, 0.25) is 0 Å². The third-order valence-electron chi connectivity index (χ3n) is 25.9. The number of rotatable bonds is 5. The Hall–Kier alpha value is -14.2. The van der Waals surface area contributed by atoms with Crippen molar-refractivity contribution in [3.05, 3.63) is 326 Å². The van der Waals surface area contributed by atoms with Crippen LogP contribution in [0.5, 0.6) is 0 Å². The second-order valence-electron chi connectivity index (χ2n) is 32.2. The Morgan fingerprint density at radius 3 is 0.973 bits per heavy atom. The van der Waals surface area contributed by atoms with E-state index in [1.807, 2.05) is 24.3 Å². The van der Waals surface area contributed by atoms with Gasteiger partial charge in [-0.25, -0.2) is 0 Å². The van der Waals surface area contributed by atoms with Gasteiger partial charge in [0.25, 0.3) is 0 Å². The topological polar surface area (TPSA) is 78.8 Å². The van der Waals surface area contributed by atoms with Crippen molar-refractivity contribution in [1.29, 1.82) is 0 Å². The highest BCUT2D eigenvalue weighted by Crippen LogP contribution is 2.59. The fraction of sp³-hybridized carbons (Fsp3) is 0.0566. The van der Waals surface area contributed by atoms with Crippen LogP contribution in [0.4, 0.5) is 0 Å². The zero-order valence-electron chi connectivity index (χ0n) is 61.3. The summed E-state index contributed by atoms with van der Waals surface area (Å²) in [6.07, 6.45) is 0. The summed E-state index contributed by atoms with van der Waals surface area (Å²) in [5, 5.41) is 22.2. The van der Waals surface area contributed by atoms with E-state index in [1.54, 1.807) is 0 Å². The van der Waals surface area contributed by atoms with Gasteiger partial charge in [-0.1, -0.05) is 258 Å². The van der Waals surface area contributed by atoms with Gasteiger partial charge in [0.1, 0.15) is 67.0 Å². The quantitative estimate of drug-likeness (QED) is 0.160. The van der Waals surface area contributed by atoms with Crippen LogP contribution in [0.3, 0.4) is 0 Å². The van der Waals surface area contributed by atoms with Crippen molar-refractivity contribution in [1.82, 2.24) is 0 Å². The number of hydrogen-bond donors (Lipinski definition) is 0. The Kier molecular flexibility index (Phi) is 11.6. The molecule has 0 atom stereocenters. The fourth-order valence-electron chi connectivity index (χ4n) is 21.0. The van der Waals surface area contributed by atoms with Gasteiger partial charge in [-0.05, 0) is 183 Å². The van der Waals surface area contributed by atoms with Gasteiger partial charge in [0.05, 0.1) is 0 Å². The summed E-state index contributed by atoms with van der Waals surface area (Å²) >= 11 is 0. The molecule has 0 unspecified atom stereocenters. The second kappa shape index (κ2) is 21.4. The number of benzene rings is 18. The number of furan rings is 6. The number of hydrogen-bond acceptors (Lipinski definition) is 6. The zero-order valence-corrected chi connectivity index (χ0v) is 61.3. The molecular formula is C106H62O6. The lowest BCUT2D eigenvalue weighted by Crippen LogP contribution is -2.14. The molecule has 0 saturated heterocycles. The first kappa shape index (κ1) is 60.8. The number of fused-ring (bicyclic) bond motifs is 32. The summed E-state index contributed by atoms with van der Waals surface area (Å²) in [6, 6.07) is 110. The summed E-state index contributed by atoms with van der Waals surface area (Å²) in [6.45, 7) is 9.43. The first-order valence-corrected chi connectivity index (χ1v) is 38.8. The first-order chi connectivity index (χ1) is 55.1. The van der Waals surface area contributed by atoms with Crippen molar-refractivity contribution in [2.75, 3.05) is 0 Å². The van der Waals surface area contributed by atoms with E-state index in [9.17, 15) is 0 Å². The highest BCUT2D eigenvalue weighted by atomic mass is 16.4. The third kappa shape index (κ3) is 7.77. The van der Waals surface area contributed by atoms with E-state index in [0.29, 0.717) is 0 Å². The lowest BCUT2D eigenvalue weighted by Gasteiger charge is -2.22. The molecule has 0 fully saturated rings. The van der Waals surface area contributed by atoms with E-state index < -0.39 is 0 Å². The molecule has 112 heavy (non-hydrogen) atoms. The van der Waals surface area contributed by atoms with Crippen molar-refractivity contribution in [3.8, 4) is 77.9 Å². The molecule has 522 valence electrons. The molecule has 0 spiro atoms. The maximum Gasteiger partial charge on any atom is 0.143 e. The first-order valence-electron chi connectivity index (χ1n) is 38.8. The van der Waals surface area contributed by atoms with E-state index in [1.165, 1.54) is 49.9 Å². The normalized spacial score (nSPS) is 13.9. The molecule has 0 N–H and O–H groups in total. The third-order valence-corrected chi connectivity index (χ3v) is 25.9. The van der Waals surface area contributed by atoms with Gasteiger partial charge in [-0.3, -0.25) is 0 Å². The standard InChI is InChI=1S/C106H62O6/c1-105(2)77-36-15-13-28-66(77)94-78(105)44-46-85-99(94)74-33-18-31-72(103(74)110-85)92-62-24-9-11-26-64(62)93(65-27-12-10-25-63(65)92)73-32-19-35-76-101-87(112-104(73)76)51-50-84-98(101)69-42-39-56(53-88(69)108-84)55-38-41-67-80(52-55)106(3,4)79-45-47-86-100(95(67)79)75-34-17-30-71(102(75)111-86)91-60-22-7-5-20-58(60)90(59-21-6-8-23-61(59)91)57-40-43-70-89(54-57)109-83-49-48-82-96(97(70)83)68-29-14-16-37-81(68)107-82/h5-54H,1-4H3. The maximum atomic E-state index is 7.27. The summed E-state index contributed by atoms with van der Waals surface area (Å²) in [4.78, 5) is 0. The van der Waals surface area contributed by atoms with Crippen LogP contribution < -0.4 is 0 Å². The minimum atomic E-state index is -0.322. The van der Waals surface area contributed by atoms with Crippen molar-refractivity contribution in [2.24, 2.45) is 0 Å². The average Bonchev–Trinajstić information content (AvgIpc) is 1.52.